The fourth-order valence-corrected chi connectivity index (χ4v) is 2.28. The summed E-state index contributed by atoms with van der Waals surface area (Å²) in [5, 5.41) is 0. The van der Waals surface area contributed by atoms with E-state index in [1.165, 1.54) is 4.90 Å². The van der Waals surface area contributed by atoms with Gasteiger partial charge in [0.15, 0.2) is 0 Å². The molecule has 0 aromatic carbocycles. The molecule has 1 aliphatic heterocycles. The van der Waals surface area contributed by atoms with E-state index in [2.05, 4.69) is 4.98 Å². The van der Waals surface area contributed by atoms with Crippen molar-refractivity contribution in [3.8, 4) is 0 Å². The van der Waals surface area contributed by atoms with Crippen molar-refractivity contribution in [1.82, 2.24) is 4.98 Å². The van der Waals surface area contributed by atoms with Gasteiger partial charge in [-0.15, -0.1) is 11.6 Å². The van der Waals surface area contributed by atoms with Gasteiger partial charge in [-0.1, -0.05) is 0 Å². The lowest BCUT2D eigenvalue weighted by molar-refractivity contribution is -0.117. The summed E-state index contributed by atoms with van der Waals surface area (Å²) < 4.78 is 4.97. The van der Waals surface area contributed by atoms with E-state index >= 15 is 0 Å². The first-order valence-corrected chi connectivity index (χ1v) is 6.69. The Kier molecular flexibility index (Phi) is 4.37. The van der Waals surface area contributed by atoms with Gasteiger partial charge < -0.3 is 4.74 Å². The standard InChI is InChI=1S/C13H15ClN2O3/c1-2-19-13(18)10-4-3-5-15-12(10)16-8-9(7-14)6-11(16)17/h3-5,9H,2,6-8H2,1H3. The number of aromatic nitrogens is 1. The van der Waals surface area contributed by atoms with Gasteiger partial charge in [0.1, 0.15) is 11.4 Å². The summed E-state index contributed by atoms with van der Waals surface area (Å²) in [5.74, 6) is 0.358. The highest BCUT2D eigenvalue weighted by Crippen LogP contribution is 2.27. The van der Waals surface area contributed by atoms with E-state index in [4.69, 9.17) is 16.3 Å². The van der Waals surface area contributed by atoms with Crippen molar-refractivity contribution in [2.24, 2.45) is 5.92 Å². The van der Waals surface area contributed by atoms with Crippen molar-refractivity contribution >= 4 is 29.3 Å². The number of amides is 1. The molecule has 0 radical (unpaired) electrons. The van der Waals surface area contributed by atoms with Gasteiger partial charge >= 0.3 is 5.97 Å². The van der Waals surface area contributed by atoms with Crippen LogP contribution in [0.25, 0.3) is 0 Å². The predicted octanol–water partition coefficient (Wildman–Crippen LogP) is 1.85. The highest BCUT2D eigenvalue weighted by Gasteiger charge is 2.33. The average molecular weight is 283 g/mol. The lowest BCUT2D eigenvalue weighted by Crippen LogP contribution is -2.28. The van der Waals surface area contributed by atoms with Crippen LogP contribution in [-0.4, -0.2) is 35.9 Å². The molecule has 1 aromatic rings. The minimum atomic E-state index is -0.465. The molecule has 1 atom stereocenters. The van der Waals surface area contributed by atoms with Crippen molar-refractivity contribution in [1.29, 1.82) is 0 Å². The second kappa shape index (κ2) is 6.02. The van der Waals surface area contributed by atoms with E-state index in [-0.39, 0.29) is 18.4 Å². The van der Waals surface area contributed by atoms with E-state index in [0.717, 1.165) is 0 Å². The van der Waals surface area contributed by atoms with Gasteiger partial charge in [-0.2, -0.15) is 0 Å². The van der Waals surface area contributed by atoms with Crippen LogP contribution in [0.2, 0.25) is 0 Å². The molecule has 0 spiro atoms. The molecule has 0 N–H and O–H groups in total. The predicted molar refractivity (Wildman–Crippen MR) is 71.4 cm³/mol. The van der Waals surface area contributed by atoms with E-state index in [9.17, 15) is 9.59 Å². The maximum atomic E-state index is 12.0. The summed E-state index contributed by atoms with van der Waals surface area (Å²) in [7, 11) is 0. The average Bonchev–Trinajstić information content (AvgIpc) is 2.80. The Morgan fingerprint density at radius 1 is 1.63 bits per heavy atom. The van der Waals surface area contributed by atoms with Gasteiger partial charge in [0.05, 0.1) is 6.61 Å². The Balaban J connectivity index is 2.30. The molecule has 1 unspecified atom stereocenters. The van der Waals surface area contributed by atoms with E-state index < -0.39 is 5.97 Å². The number of hydrogen-bond donors (Lipinski definition) is 0. The van der Waals surface area contributed by atoms with Crippen molar-refractivity contribution < 1.29 is 14.3 Å². The molecule has 2 heterocycles. The molecule has 1 saturated heterocycles. The maximum Gasteiger partial charge on any atom is 0.341 e. The van der Waals surface area contributed by atoms with Gasteiger partial charge in [0.25, 0.3) is 0 Å². The summed E-state index contributed by atoms with van der Waals surface area (Å²) in [5.41, 5.74) is 0.313. The topological polar surface area (TPSA) is 59.5 Å². The molecule has 0 saturated carbocycles. The number of carbonyl (C=O) groups excluding carboxylic acids is 2. The van der Waals surface area contributed by atoms with Crippen LogP contribution < -0.4 is 4.90 Å². The summed E-state index contributed by atoms with van der Waals surface area (Å²) >= 11 is 5.79. The van der Waals surface area contributed by atoms with Crippen molar-refractivity contribution in [3.05, 3.63) is 23.9 Å². The zero-order valence-electron chi connectivity index (χ0n) is 10.6. The second-order valence-corrected chi connectivity index (χ2v) is 4.63. The first-order chi connectivity index (χ1) is 9.17. The summed E-state index contributed by atoms with van der Waals surface area (Å²) in [6.07, 6.45) is 1.95. The van der Waals surface area contributed by atoms with Crippen LogP contribution in [0.4, 0.5) is 5.82 Å². The number of halogens is 1. The number of hydrogen-bond acceptors (Lipinski definition) is 4. The molecule has 1 aromatic heterocycles. The van der Waals surface area contributed by atoms with Gasteiger partial charge in [-0.05, 0) is 25.0 Å². The molecular weight excluding hydrogens is 268 g/mol. The molecule has 1 amide bonds. The molecule has 19 heavy (non-hydrogen) atoms. The van der Waals surface area contributed by atoms with Gasteiger partial charge in [0.2, 0.25) is 5.91 Å². The number of pyridine rings is 1. The minimum Gasteiger partial charge on any atom is -0.462 e. The quantitative estimate of drug-likeness (QED) is 0.625. The fraction of sp³-hybridized carbons (Fsp3) is 0.462. The van der Waals surface area contributed by atoms with Gasteiger partial charge in [0, 0.05) is 25.0 Å². The maximum absolute atomic E-state index is 12.0. The number of esters is 1. The number of alkyl halides is 1. The Labute approximate surface area is 116 Å². The van der Waals surface area contributed by atoms with E-state index in [1.54, 1.807) is 25.3 Å². The molecule has 1 aliphatic rings. The smallest absolute Gasteiger partial charge is 0.341 e. The van der Waals surface area contributed by atoms with E-state index in [0.29, 0.717) is 30.2 Å². The molecule has 5 nitrogen and oxygen atoms in total. The largest absolute Gasteiger partial charge is 0.462 e. The third kappa shape index (κ3) is 2.87. The SMILES string of the molecule is CCOC(=O)c1cccnc1N1CC(CCl)CC1=O. The van der Waals surface area contributed by atoms with E-state index in [1.807, 2.05) is 0 Å². The Morgan fingerprint density at radius 2 is 2.42 bits per heavy atom. The fourth-order valence-electron chi connectivity index (χ4n) is 2.07. The third-order valence-corrected chi connectivity index (χ3v) is 3.40. The number of nitrogens with zero attached hydrogens (tertiary/aromatic N) is 2. The normalized spacial score (nSPS) is 18.7. The van der Waals surface area contributed by atoms with Crippen LogP contribution in [0.15, 0.2) is 18.3 Å². The van der Waals surface area contributed by atoms with Crippen LogP contribution in [-0.2, 0) is 9.53 Å². The number of anilines is 1. The van der Waals surface area contributed by atoms with Crippen molar-refractivity contribution in [2.45, 2.75) is 13.3 Å². The second-order valence-electron chi connectivity index (χ2n) is 4.32. The molecular formula is C13H15ClN2O3. The lowest BCUT2D eigenvalue weighted by Gasteiger charge is -2.17. The molecule has 6 heteroatoms. The Hall–Kier alpha value is -1.62. The molecule has 1 fully saturated rings. The van der Waals surface area contributed by atoms with Crippen LogP contribution >= 0.6 is 11.6 Å². The Morgan fingerprint density at radius 3 is 3.05 bits per heavy atom. The summed E-state index contributed by atoms with van der Waals surface area (Å²) in [4.78, 5) is 29.5. The van der Waals surface area contributed by atoms with Crippen LogP contribution in [0.1, 0.15) is 23.7 Å². The summed E-state index contributed by atoms with van der Waals surface area (Å²) in [6.45, 7) is 2.51. The monoisotopic (exact) mass is 282 g/mol. The number of rotatable bonds is 4. The number of ether oxygens (including phenoxy) is 1. The third-order valence-electron chi connectivity index (χ3n) is 2.96. The van der Waals surface area contributed by atoms with Crippen LogP contribution in [0.3, 0.4) is 0 Å². The summed E-state index contributed by atoms with van der Waals surface area (Å²) in [6, 6.07) is 3.26. The highest BCUT2D eigenvalue weighted by atomic mass is 35.5. The van der Waals surface area contributed by atoms with Gasteiger partial charge in [-0.3, -0.25) is 9.69 Å². The molecule has 2 rings (SSSR count). The van der Waals surface area contributed by atoms with Crippen LogP contribution in [0.5, 0.6) is 0 Å². The van der Waals surface area contributed by atoms with Crippen molar-refractivity contribution in [2.75, 3.05) is 23.9 Å². The molecule has 102 valence electrons. The minimum absolute atomic E-state index is 0.0603. The Bertz CT molecular complexity index is 493. The number of carbonyl (C=O) groups is 2. The van der Waals surface area contributed by atoms with Gasteiger partial charge in [-0.25, -0.2) is 9.78 Å². The molecule has 0 aliphatic carbocycles. The molecule has 0 bridgehead atoms. The first-order valence-electron chi connectivity index (χ1n) is 6.15. The lowest BCUT2D eigenvalue weighted by atomic mass is 10.1. The zero-order valence-corrected chi connectivity index (χ0v) is 11.4. The van der Waals surface area contributed by atoms with Crippen LogP contribution in [0, 0.1) is 5.92 Å². The van der Waals surface area contributed by atoms with Crippen molar-refractivity contribution in [3.63, 3.8) is 0 Å². The highest BCUT2D eigenvalue weighted by molar-refractivity contribution is 6.18. The first kappa shape index (κ1) is 13.8. The zero-order chi connectivity index (χ0) is 13.8.